The number of hydrogen-bond acceptors (Lipinski definition) is 6. The van der Waals surface area contributed by atoms with E-state index in [1.54, 1.807) is 11.3 Å². The summed E-state index contributed by atoms with van der Waals surface area (Å²) in [4.78, 5) is 5.07. The van der Waals surface area contributed by atoms with Gasteiger partial charge in [0, 0.05) is 38.3 Å². The number of hydrogen-bond donors (Lipinski definition) is 0. The van der Waals surface area contributed by atoms with Crippen molar-refractivity contribution in [3.63, 3.8) is 0 Å². The molecule has 0 spiro atoms. The van der Waals surface area contributed by atoms with E-state index in [9.17, 15) is 0 Å². The first-order chi connectivity index (χ1) is 11.2. The van der Waals surface area contributed by atoms with Crippen molar-refractivity contribution in [1.29, 1.82) is 0 Å². The molecule has 4 rings (SSSR count). The molecule has 0 aromatic carbocycles. The zero-order valence-electron chi connectivity index (χ0n) is 13.7. The number of ether oxygens (including phenoxy) is 1. The van der Waals surface area contributed by atoms with Crippen molar-refractivity contribution in [2.24, 2.45) is 0 Å². The van der Waals surface area contributed by atoms with Crippen molar-refractivity contribution < 1.29 is 9.26 Å². The molecular formula is C17H23N3O2S. The second-order valence-electron chi connectivity index (χ2n) is 6.58. The summed E-state index contributed by atoms with van der Waals surface area (Å²) in [5.74, 6) is 0.943. The topological polar surface area (TPSA) is 41.7 Å². The van der Waals surface area contributed by atoms with Gasteiger partial charge in [-0.15, -0.1) is 0 Å². The maximum atomic E-state index is 6.04. The van der Waals surface area contributed by atoms with Gasteiger partial charge in [0.2, 0.25) is 0 Å². The van der Waals surface area contributed by atoms with Gasteiger partial charge in [0.1, 0.15) is 5.76 Å². The Morgan fingerprint density at radius 2 is 2.22 bits per heavy atom. The summed E-state index contributed by atoms with van der Waals surface area (Å²) in [6, 6.07) is 2.69. The Kier molecular flexibility index (Phi) is 4.24. The van der Waals surface area contributed by atoms with E-state index in [-0.39, 0.29) is 0 Å². The van der Waals surface area contributed by atoms with Crippen LogP contribution in [0.3, 0.4) is 0 Å². The number of rotatable bonds is 4. The van der Waals surface area contributed by atoms with Gasteiger partial charge in [-0.1, -0.05) is 5.16 Å². The molecule has 2 aromatic rings. The van der Waals surface area contributed by atoms with E-state index in [4.69, 9.17) is 9.26 Å². The molecule has 2 aliphatic heterocycles. The number of thiophene rings is 1. The minimum Gasteiger partial charge on any atom is -0.374 e. The predicted octanol–water partition coefficient (Wildman–Crippen LogP) is 2.44. The minimum atomic E-state index is 0.322. The second-order valence-corrected chi connectivity index (χ2v) is 7.36. The number of aromatic nitrogens is 1. The molecule has 0 saturated carbocycles. The lowest BCUT2D eigenvalue weighted by molar-refractivity contribution is -0.0506. The molecule has 2 saturated heterocycles. The van der Waals surface area contributed by atoms with Gasteiger partial charge in [-0.3, -0.25) is 9.80 Å². The van der Waals surface area contributed by atoms with E-state index in [2.05, 4.69) is 31.8 Å². The molecule has 0 amide bonds. The van der Waals surface area contributed by atoms with Crippen LogP contribution in [0.4, 0.5) is 0 Å². The molecule has 2 aliphatic rings. The van der Waals surface area contributed by atoms with Gasteiger partial charge in [0.15, 0.2) is 0 Å². The van der Waals surface area contributed by atoms with Crippen LogP contribution in [0.2, 0.25) is 0 Å². The standard InChI is InChI=1S/C17H23N3O2S/c1-12-15(13(2)22-18-12)8-20-4-5-21-17-10-19(9-16(17)20)7-14-3-6-23-11-14/h3,6,11,16-17H,4-5,7-10H2,1-2H3/t16-,17+/m0/s1. The zero-order chi connectivity index (χ0) is 15.8. The third-order valence-corrected chi connectivity index (χ3v) is 5.75. The Labute approximate surface area is 140 Å². The first-order valence-corrected chi connectivity index (χ1v) is 9.16. The maximum absolute atomic E-state index is 6.04. The molecule has 6 heteroatoms. The largest absolute Gasteiger partial charge is 0.374 e. The van der Waals surface area contributed by atoms with Crippen LogP contribution in [0.5, 0.6) is 0 Å². The van der Waals surface area contributed by atoms with Crippen molar-refractivity contribution in [1.82, 2.24) is 15.0 Å². The van der Waals surface area contributed by atoms with Crippen LogP contribution < -0.4 is 0 Å². The molecule has 0 aliphatic carbocycles. The maximum Gasteiger partial charge on any atom is 0.138 e. The van der Waals surface area contributed by atoms with Crippen LogP contribution in [0.25, 0.3) is 0 Å². The normalized spacial score (nSPS) is 25.8. The molecule has 2 aromatic heterocycles. The smallest absolute Gasteiger partial charge is 0.138 e. The third kappa shape index (κ3) is 3.08. The molecule has 0 unspecified atom stereocenters. The summed E-state index contributed by atoms with van der Waals surface area (Å²) in [6.45, 7) is 9.87. The van der Waals surface area contributed by atoms with Gasteiger partial charge in [0.25, 0.3) is 0 Å². The minimum absolute atomic E-state index is 0.322. The van der Waals surface area contributed by atoms with Crippen molar-refractivity contribution >= 4 is 11.3 Å². The van der Waals surface area contributed by atoms with E-state index >= 15 is 0 Å². The SMILES string of the molecule is Cc1noc(C)c1CN1CCO[C@@H]2CN(Cc3ccsc3)C[C@@H]21. The van der Waals surface area contributed by atoms with E-state index in [0.29, 0.717) is 12.1 Å². The lowest BCUT2D eigenvalue weighted by Crippen LogP contribution is -2.50. The second kappa shape index (κ2) is 6.36. The summed E-state index contributed by atoms with van der Waals surface area (Å²) in [6.07, 6.45) is 0.322. The Morgan fingerprint density at radius 3 is 2.96 bits per heavy atom. The van der Waals surface area contributed by atoms with E-state index < -0.39 is 0 Å². The fraction of sp³-hybridized carbons (Fsp3) is 0.588. The van der Waals surface area contributed by atoms with Crippen molar-refractivity contribution in [2.75, 3.05) is 26.2 Å². The molecule has 124 valence electrons. The number of nitrogens with zero attached hydrogens (tertiary/aromatic N) is 3. The van der Waals surface area contributed by atoms with E-state index in [1.165, 1.54) is 11.1 Å². The molecule has 2 fully saturated rings. The molecular weight excluding hydrogens is 310 g/mol. The molecule has 0 N–H and O–H groups in total. The first kappa shape index (κ1) is 15.3. The molecule has 0 bridgehead atoms. The molecule has 23 heavy (non-hydrogen) atoms. The fourth-order valence-electron chi connectivity index (χ4n) is 3.73. The van der Waals surface area contributed by atoms with Crippen LogP contribution in [0.1, 0.15) is 22.6 Å². The van der Waals surface area contributed by atoms with E-state index in [1.807, 2.05) is 13.8 Å². The first-order valence-electron chi connectivity index (χ1n) is 8.21. The number of likely N-dealkylation sites (tertiary alicyclic amines) is 1. The van der Waals surface area contributed by atoms with Crippen molar-refractivity contribution in [3.8, 4) is 0 Å². The van der Waals surface area contributed by atoms with Gasteiger partial charge in [0.05, 0.1) is 24.4 Å². The van der Waals surface area contributed by atoms with Gasteiger partial charge in [-0.05, 0) is 36.2 Å². The van der Waals surface area contributed by atoms with Crippen LogP contribution in [0.15, 0.2) is 21.3 Å². The summed E-state index contributed by atoms with van der Waals surface area (Å²) in [5, 5.41) is 8.48. The molecule has 5 nitrogen and oxygen atoms in total. The summed E-state index contributed by atoms with van der Waals surface area (Å²) >= 11 is 1.77. The van der Waals surface area contributed by atoms with Gasteiger partial charge in [-0.25, -0.2) is 0 Å². The quantitative estimate of drug-likeness (QED) is 0.860. The highest BCUT2D eigenvalue weighted by atomic mass is 32.1. The average Bonchev–Trinajstić information content (AvgIpc) is 3.25. The monoisotopic (exact) mass is 333 g/mol. The predicted molar refractivity (Wildman–Crippen MR) is 89.5 cm³/mol. The third-order valence-electron chi connectivity index (χ3n) is 5.02. The van der Waals surface area contributed by atoms with Gasteiger partial charge < -0.3 is 9.26 Å². The Bertz CT molecular complexity index is 635. The summed E-state index contributed by atoms with van der Waals surface area (Å²) in [7, 11) is 0. The highest BCUT2D eigenvalue weighted by Crippen LogP contribution is 2.27. The Hall–Kier alpha value is -1.21. The number of aryl methyl sites for hydroxylation is 2. The van der Waals surface area contributed by atoms with Crippen LogP contribution in [0, 0.1) is 13.8 Å². The number of fused-ring (bicyclic) bond motifs is 1. The van der Waals surface area contributed by atoms with Crippen LogP contribution >= 0.6 is 11.3 Å². The molecule has 0 radical (unpaired) electrons. The van der Waals surface area contributed by atoms with Crippen LogP contribution in [-0.4, -0.2) is 53.3 Å². The molecule has 2 atom stereocenters. The lowest BCUT2D eigenvalue weighted by Gasteiger charge is -2.36. The number of morpholine rings is 1. The Morgan fingerprint density at radius 1 is 1.30 bits per heavy atom. The highest BCUT2D eigenvalue weighted by Gasteiger charge is 2.40. The van der Waals surface area contributed by atoms with Crippen LogP contribution in [-0.2, 0) is 17.8 Å². The van der Waals surface area contributed by atoms with Crippen molar-refractivity contribution in [2.45, 2.75) is 39.1 Å². The van der Waals surface area contributed by atoms with Crippen molar-refractivity contribution in [3.05, 3.63) is 39.4 Å². The van der Waals surface area contributed by atoms with E-state index in [0.717, 1.165) is 50.8 Å². The molecule has 4 heterocycles. The summed E-state index contributed by atoms with van der Waals surface area (Å²) in [5.41, 5.74) is 3.66. The average molecular weight is 333 g/mol. The Balaban J connectivity index is 1.45. The lowest BCUT2D eigenvalue weighted by atomic mass is 10.1. The highest BCUT2D eigenvalue weighted by molar-refractivity contribution is 7.07. The zero-order valence-corrected chi connectivity index (χ0v) is 14.5. The summed E-state index contributed by atoms with van der Waals surface area (Å²) < 4.78 is 11.4. The fourth-order valence-corrected chi connectivity index (χ4v) is 4.39. The van der Waals surface area contributed by atoms with Gasteiger partial charge in [-0.2, -0.15) is 11.3 Å². The van der Waals surface area contributed by atoms with Gasteiger partial charge >= 0.3 is 0 Å².